The molecule has 0 saturated carbocycles. The van der Waals surface area contributed by atoms with Crippen LogP contribution in [0.4, 0.5) is 0 Å². The van der Waals surface area contributed by atoms with Crippen LogP contribution in [0, 0.1) is 0 Å². The van der Waals surface area contributed by atoms with E-state index in [1.165, 1.54) is 0 Å². The molecule has 72 valence electrons. The summed E-state index contributed by atoms with van der Waals surface area (Å²) in [5, 5.41) is 0. The number of hydrogen-bond donors (Lipinski definition) is 1. The van der Waals surface area contributed by atoms with E-state index in [9.17, 15) is 4.21 Å². The minimum Gasteiger partial charge on any atom is -0.325 e. The van der Waals surface area contributed by atoms with Crippen LogP contribution in [0.3, 0.4) is 0 Å². The maximum Gasteiger partial charge on any atom is 0.0580 e. The molecule has 0 aliphatic rings. The third-order valence-corrected chi connectivity index (χ3v) is 3.09. The first-order valence-electron chi connectivity index (χ1n) is 4.25. The lowest BCUT2D eigenvalue weighted by atomic mass is 10.2. The Morgan fingerprint density at radius 2 is 2.38 bits per heavy atom. The average molecular weight is 198 g/mol. The lowest BCUT2D eigenvalue weighted by Gasteiger charge is -2.04. The third kappa shape index (κ3) is 2.90. The number of nitrogens with two attached hydrogens (primary N) is 1. The van der Waals surface area contributed by atoms with Crippen molar-refractivity contribution in [2.75, 3.05) is 5.75 Å². The third-order valence-electron chi connectivity index (χ3n) is 1.82. The van der Waals surface area contributed by atoms with Gasteiger partial charge >= 0.3 is 0 Å². The maximum absolute atomic E-state index is 11.3. The molecule has 0 saturated heterocycles. The molecule has 0 aliphatic carbocycles. The van der Waals surface area contributed by atoms with Crippen molar-refractivity contribution >= 4 is 10.8 Å². The zero-order valence-corrected chi connectivity index (χ0v) is 8.51. The highest BCUT2D eigenvalue weighted by Gasteiger charge is 2.04. The van der Waals surface area contributed by atoms with Gasteiger partial charge in [0.05, 0.1) is 11.4 Å². The minimum atomic E-state index is -0.785. The van der Waals surface area contributed by atoms with E-state index < -0.39 is 10.8 Å². The average Bonchev–Trinajstić information content (AvgIpc) is 2.18. The Hall–Kier alpha value is -0.740. The van der Waals surface area contributed by atoms with Gasteiger partial charge in [0.15, 0.2) is 0 Å². The SMILES string of the molecule is CCS(=O)Cc1cccnc1CN. The number of nitrogens with zero attached hydrogens (tertiary/aromatic N) is 1. The molecule has 1 aromatic heterocycles. The van der Waals surface area contributed by atoms with Crippen molar-refractivity contribution in [1.82, 2.24) is 4.98 Å². The van der Waals surface area contributed by atoms with E-state index in [4.69, 9.17) is 5.73 Å². The molecule has 2 N–H and O–H groups in total. The van der Waals surface area contributed by atoms with Crippen molar-refractivity contribution < 1.29 is 4.21 Å². The molecule has 1 atom stereocenters. The second-order valence-electron chi connectivity index (χ2n) is 2.69. The summed E-state index contributed by atoms with van der Waals surface area (Å²) in [6.45, 7) is 2.33. The van der Waals surface area contributed by atoms with E-state index in [2.05, 4.69) is 4.98 Å². The van der Waals surface area contributed by atoms with Crippen LogP contribution < -0.4 is 5.73 Å². The Morgan fingerprint density at radius 3 is 3.00 bits per heavy atom. The smallest absolute Gasteiger partial charge is 0.0580 e. The van der Waals surface area contributed by atoms with Crippen LogP contribution >= 0.6 is 0 Å². The van der Waals surface area contributed by atoms with E-state index in [0.717, 1.165) is 11.3 Å². The molecule has 0 spiro atoms. The summed E-state index contributed by atoms with van der Waals surface area (Å²) >= 11 is 0. The van der Waals surface area contributed by atoms with Gasteiger partial charge in [0.25, 0.3) is 0 Å². The van der Waals surface area contributed by atoms with Gasteiger partial charge in [0.1, 0.15) is 0 Å². The molecule has 1 rings (SSSR count). The maximum atomic E-state index is 11.3. The fourth-order valence-corrected chi connectivity index (χ4v) is 1.88. The van der Waals surface area contributed by atoms with E-state index >= 15 is 0 Å². The topological polar surface area (TPSA) is 56.0 Å². The van der Waals surface area contributed by atoms with Gasteiger partial charge in [0, 0.05) is 29.3 Å². The van der Waals surface area contributed by atoms with Gasteiger partial charge < -0.3 is 5.73 Å². The molecule has 0 amide bonds. The van der Waals surface area contributed by atoms with Crippen LogP contribution in [-0.2, 0) is 23.1 Å². The lowest BCUT2D eigenvalue weighted by Crippen LogP contribution is -2.07. The van der Waals surface area contributed by atoms with Crippen LogP contribution in [0.5, 0.6) is 0 Å². The molecular weight excluding hydrogens is 184 g/mol. The zero-order valence-electron chi connectivity index (χ0n) is 7.69. The summed E-state index contributed by atoms with van der Waals surface area (Å²) in [6.07, 6.45) is 1.71. The summed E-state index contributed by atoms with van der Waals surface area (Å²) in [6, 6.07) is 3.78. The fraction of sp³-hybridized carbons (Fsp3) is 0.444. The largest absolute Gasteiger partial charge is 0.325 e. The van der Waals surface area contributed by atoms with Gasteiger partial charge in [-0.2, -0.15) is 0 Å². The van der Waals surface area contributed by atoms with Crippen molar-refractivity contribution in [2.45, 2.75) is 19.2 Å². The Balaban J connectivity index is 2.81. The Morgan fingerprint density at radius 1 is 1.62 bits per heavy atom. The van der Waals surface area contributed by atoms with Gasteiger partial charge in [-0.1, -0.05) is 13.0 Å². The van der Waals surface area contributed by atoms with Crippen LogP contribution in [-0.4, -0.2) is 14.9 Å². The number of hydrogen-bond acceptors (Lipinski definition) is 3. The fourth-order valence-electron chi connectivity index (χ4n) is 1.06. The molecule has 0 bridgehead atoms. The van der Waals surface area contributed by atoms with Gasteiger partial charge in [-0.05, 0) is 11.6 Å². The standard InChI is InChI=1S/C9H14N2OS/c1-2-13(12)7-8-4-3-5-11-9(8)6-10/h3-5H,2,6-7,10H2,1H3. The van der Waals surface area contributed by atoms with Crippen LogP contribution in [0.2, 0.25) is 0 Å². The van der Waals surface area contributed by atoms with Crippen molar-refractivity contribution in [3.05, 3.63) is 29.6 Å². The predicted molar refractivity (Wildman–Crippen MR) is 54.5 cm³/mol. The summed E-state index contributed by atoms with van der Waals surface area (Å²) in [7, 11) is -0.785. The Bertz CT molecular complexity index is 301. The van der Waals surface area contributed by atoms with Gasteiger partial charge in [-0.15, -0.1) is 0 Å². The van der Waals surface area contributed by atoms with E-state index in [0.29, 0.717) is 18.1 Å². The molecule has 0 aromatic carbocycles. The Kier molecular flexibility index (Phi) is 4.05. The molecule has 0 radical (unpaired) electrons. The second-order valence-corrected chi connectivity index (χ2v) is 4.43. The molecule has 1 aromatic rings. The van der Waals surface area contributed by atoms with Crippen molar-refractivity contribution in [3.8, 4) is 0 Å². The Labute approximate surface area is 80.8 Å². The second kappa shape index (κ2) is 5.09. The van der Waals surface area contributed by atoms with Crippen LogP contribution in [0.25, 0.3) is 0 Å². The van der Waals surface area contributed by atoms with E-state index in [1.807, 2.05) is 19.1 Å². The van der Waals surface area contributed by atoms with Gasteiger partial charge in [-0.3, -0.25) is 9.19 Å². The molecule has 1 heterocycles. The molecular formula is C9H14N2OS. The molecule has 0 fully saturated rings. The highest BCUT2D eigenvalue weighted by Crippen LogP contribution is 2.07. The quantitative estimate of drug-likeness (QED) is 0.779. The van der Waals surface area contributed by atoms with E-state index in [-0.39, 0.29) is 0 Å². The minimum absolute atomic E-state index is 0.414. The predicted octanol–water partition coefficient (Wildman–Crippen LogP) is 0.809. The zero-order chi connectivity index (χ0) is 9.68. The number of rotatable bonds is 4. The lowest BCUT2D eigenvalue weighted by molar-refractivity contribution is 0.683. The van der Waals surface area contributed by atoms with Gasteiger partial charge in [0.2, 0.25) is 0 Å². The first-order valence-corrected chi connectivity index (χ1v) is 5.74. The first-order chi connectivity index (χ1) is 6.27. The summed E-state index contributed by atoms with van der Waals surface area (Å²) in [5.41, 5.74) is 7.36. The molecule has 3 nitrogen and oxygen atoms in total. The molecule has 4 heteroatoms. The van der Waals surface area contributed by atoms with Crippen LogP contribution in [0.15, 0.2) is 18.3 Å². The van der Waals surface area contributed by atoms with Crippen LogP contribution in [0.1, 0.15) is 18.2 Å². The molecule has 0 aliphatic heterocycles. The highest BCUT2D eigenvalue weighted by molar-refractivity contribution is 7.84. The monoisotopic (exact) mass is 198 g/mol. The van der Waals surface area contributed by atoms with Crippen molar-refractivity contribution in [3.63, 3.8) is 0 Å². The van der Waals surface area contributed by atoms with Gasteiger partial charge in [-0.25, -0.2) is 0 Å². The summed E-state index contributed by atoms with van der Waals surface area (Å²) < 4.78 is 11.3. The van der Waals surface area contributed by atoms with E-state index in [1.54, 1.807) is 6.20 Å². The normalized spacial score (nSPS) is 12.8. The summed E-state index contributed by atoms with van der Waals surface area (Å²) in [5.74, 6) is 1.25. The number of pyridine rings is 1. The first kappa shape index (κ1) is 10.3. The van der Waals surface area contributed by atoms with Crippen molar-refractivity contribution in [1.29, 1.82) is 0 Å². The summed E-state index contributed by atoms with van der Waals surface area (Å²) in [4.78, 5) is 4.13. The number of aromatic nitrogens is 1. The van der Waals surface area contributed by atoms with Crippen molar-refractivity contribution in [2.24, 2.45) is 5.73 Å². The molecule has 1 unspecified atom stereocenters. The molecule has 13 heavy (non-hydrogen) atoms. The highest BCUT2D eigenvalue weighted by atomic mass is 32.2.